The molecule has 3 aromatic carbocycles. The lowest BCUT2D eigenvalue weighted by atomic mass is 9.94. The van der Waals surface area contributed by atoms with E-state index in [1.165, 1.54) is 0 Å². The molecule has 2 N–H and O–H groups in total. The zero-order valence-corrected chi connectivity index (χ0v) is 15.8. The number of hydrogen-bond acceptors (Lipinski definition) is 2. The smallest absolute Gasteiger partial charge is 0.0764 e. The molecule has 0 bridgehead atoms. The second-order valence-corrected chi connectivity index (χ2v) is 7.07. The van der Waals surface area contributed by atoms with Crippen LogP contribution in [-0.2, 0) is 0 Å². The molecule has 0 fully saturated rings. The van der Waals surface area contributed by atoms with Gasteiger partial charge in [-0.15, -0.1) is 0 Å². The molecule has 134 valence electrons. The molecular weight excluding hydrogens is 320 g/mol. The molecule has 2 nitrogen and oxygen atoms in total. The minimum Gasteiger partial charge on any atom is -0.389 e. The van der Waals surface area contributed by atoms with Crippen LogP contribution in [0.25, 0.3) is 22.3 Å². The van der Waals surface area contributed by atoms with Gasteiger partial charge in [-0.05, 0) is 72.2 Å². The molecule has 3 aromatic rings. The van der Waals surface area contributed by atoms with Crippen molar-refractivity contribution in [1.29, 1.82) is 0 Å². The third-order valence-corrected chi connectivity index (χ3v) is 4.99. The van der Waals surface area contributed by atoms with Crippen molar-refractivity contribution in [2.75, 3.05) is 0 Å². The highest BCUT2D eigenvalue weighted by Crippen LogP contribution is 2.29. The van der Waals surface area contributed by atoms with Crippen LogP contribution in [0.2, 0.25) is 0 Å². The fourth-order valence-corrected chi connectivity index (χ4v) is 3.50. The number of hydrogen-bond donors (Lipinski definition) is 2. The first kappa shape index (κ1) is 18.4. The van der Waals surface area contributed by atoms with Crippen molar-refractivity contribution in [2.45, 2.75) is 39.9 Å². The summed E-state index contributed by atoms with van der Waals surface area (Å²) in [5, 5.41) is 19.6. The number of benzene rings is 3. The van der Waals surface area contributed by atoms with Gasteiger partial charge in [0.2, 0.25) is 0 Å². The van der Waals surface area contributed by atoms with E-state index >= 15 is 0 Å². The highest BCUT2D eigenvalue weighted by atomic mass is 16.3. The van der Waals surface area contributed by atoms with Crippen LogP contribution in [0.4, 0.5) is 0 Å². The van der Waals surface area contributed by atoms with E-state index in [1.807, 2.05) is 26.0 Å². The second kappa shape index (κ2) is 7.45. The summed E-state index contributed by atoms with van der Waals surface area (Å²) in [6.45, 7) is 7.65. The molecule has 3 rings (SSSR count). The lowest BCUT2D eigenvalue weighted by Gasteiger charge is -2.13. The fraction of sp³-hybridized carbons (Fsp3) is 0.250. The van der Waals surface area contributed by atoms with E-state index in [-0.39, 0.29) is 0 Å². The first-order valence-electron chi connectivity index (χ1n) is 9.05. The Morgan fingerprint density at radius 2 is 0.846 bits per heavy atom. The van der Waals surface area contributed by atoms with Gasteiger partial charge in [0.15, 0.2) is 0 Å². The minimum absolute atomic E-state index is 0.445. The van der Waals surface area contributed by atoms with Crippen molar-refractivity contribution < 1.29 is 10.2 Å². The average Bonchev–Trinajstić information content (AvgIpc) is 2.61. The van der Waals surface area contributed by atoms with Gasteiger partial charge in [-0.25, -0.2) is 0 Å². The standard InChI is InChI=1S/C24H26O2/c1-15-13-21(9-11-23(15)17(3)25)19-5-7-20(8-6-19)22-10-12-24(18(4)26)16(2)14-22/h5-14,17-18,25-26H,1-4H3. The maximum atomic E-state index is 9.79. The van der Waals surface area contributed by atoms with E-state index in [4.69, 9.17) is 0 Å². The van der Waals surface area contributed by atoms with Gasteiger partial charge < -0.3 is 10.2 Å². The van der Waals surface area contributed by atoms with Crippen LogP contribution < -0.4 is 0 Å². The maximum Gasteiger partial charge on any atom is 0.0764 e. The summed E-state index contributed by atoms with van der Waals surface area (Å²) in [7, 11) is 0. The topological polar surface area (TPSA) is 40.5 Å². The van der Waals surface area contributed by atoms with E-state index < -0.39 is 12.2 Å². The third-order valence-electron chi connectivity index (χ3n) is 4.99. The van der Waals surface area contributed by atoms with E-state index in [2.05, 4.69) is 48.5 Å². The number of aryl methyl sites for hydroxylation is 2. The minimum atomic E-state index is -0.445. The van der Waals surface area contributed by atoms with Crippen LogP contribution in [0.1, 0.15) is 48.3 Å². The summed E-state index contributed by atoms with van der Waals surface area (Å²) in [5.41, 5.74) is 8.77. The zero-order chi connectivity index (χ0) is 18.8. The molecule has 0 aromatic heterocycles. The Bertz CT molecular complexity index is 829. The van der Waals surface area contributed by atoms with Gasteiger partial charge in [-0.3, -0.25) is 0 Å². The molecule has 0 spiro atoms. The van der Waals surface area contributed by atoms with E-state index in [0.717, 1.165) is 44.5 Å². The molecule has 0 heterocycles. The number of aliphatic hydroxyl groups is 2. The lowest BCUT2D eigenvalue weighted by molar-refractivity contribution is 0.198. The molecule has 2 unspecified atom stereocenters. The Morgan fingerprint density at radius 1 is 0.538 bits per heavy atom. The zero-order valence-electron chi connectivity index (χ0n) is 15.8. The van der Waals surface area contributed by atoms with E-state index in [0.29, 0.717) is 0 Å². The summed E-state index contributed by atoms with van der Waals surface area (Å²) in [4.78, 5) is 0. The van der Waals surface area contributed by atoms with Gasteiger partial charge in [-0.1, -0.05) is 60.7 Å². The van der Waals surface area contributed by atoms with Crippen LogP contribution in [0.15, 0.2) is 60.7 Å². The van der Waals surface area contributed by atoms with Crippen LogP contribution in [0.3, 0.4) is 0 Å². The lowest BCUT2D eigenvalue weighted by Crippen LogP contribution is -1.95. The SMILES string of the molecule is Cc1cc(-c2ccc(-c3ccc(C(C)O)c(C)c3)cc2)ccc1C(C)O. The second-order valence-electron chi connectivity index (χ2n) is 7.07. The summed E-state index contributed by atoms with van der Waals surface area (Å²) < 4.78 is 0. The first-order valence-corrected chi connectivity index (χ1v) is 9.05. The number of rotatable bonds is 4. The molecule has 0 amide bonds. The van der Waals surface area contributed by atoms with Crippen LogP contribution in [0.5, 0.6) is 0 Å². The number of aliphatic hydroxyl groups excluding tert-OH is 2. The fourth-order valence-electron chi connectivity index (χ4n) is 3.50. The maximum absolute atomic E-state index is 9.79. The van der Waals surface area contributed by atoms with E-state index in [9.17, 15) is 10.2 Å². The van der Waals surface area contributed by atoms with Crippen molar-refractivity contribution in [2.24, 2.45) is 0 Å². The van der Waals surface area contributed by atoms with E-state index in [1.54, 1.807) is 13.8 Å². The van der Waals surface area contributed by atoms with Gasteiger partial charge in [-0.2, -0.15) is 0 Å². The summed E-state index contributed by atoms with van der Waals surface area (Å²) in [6.07, 6.45) is -0.890. The molecule has 26 heavy (non-hydrogen) atoms. The van der Waals surface area contributed by atoms with Gasteiger partial charge in [0.25, 0.3) is 0 Å². The Kier molecular flexibility index (Phi) is 5.26. The van der Waals surface area contributed by atoms with Crippen LogP contribution in [0, 0.1) is 13.8 Å². The Balaban J connectivity index is 1.89. The molecule has 2 atom stereocenters. The first-order chi connectivity index (χ1) is 12.4. The van der Waals surface area contributed by atoms with Crippen molar-refractivity contribution in [3.8, 4) is 22.3 Å². The molecule has 0 saturated heterocycles. The quantitative estimate of drug-likeness (QED) is 0.632. The van der Waals surface area contributed by atoms with Gasteiger partial charge in [0.1, 0.15) is 0 Å². The summed E-state index contributed by atoms with van der Waals surface area (Å²) in [6, 6.07) is 20.9. The van der Waals surface area contributed by atoms with Gasteiger partial charge >= 0.3 is 0 Å². The molecule has 0 aliphatic heterocycles. The highest BCUT2D eigenvalue weighted by Gasteiger charge is 2.08. The Hall–Kier alpha value is -2.42. The van der Waals surface area contributed by atoms with Crippen molar-refractivity contribution >= 4 is 0 Å². The van der Waals surface area contributed by atoms with Crippen LogP contribution in [-0.4, -0.2) is 10.2 Å². The molecule has 0 radical (unpaired) electrons. The largest absolute Gasteiger partial charge is 0.389 e. The predicted octanol–water partition coefficient (Wildman–Crippen LogP) is 5.74. The molecule has 0 aliphatic rings. The normalized spacial score (nSPS) is 13.5. The molecule has 0 aliphatic carbocycles. The molecular formula is C24H26O2. The summed E-state index contributed by atoms with van der Waals surface area (Å²) >= 11 is 0. The van der Waals surface area contributed by atoms with Gasteiger partial charge in [0.05, 0.1) is 12.2 Å². The van der Waals surface area contributed by atoms with Crippen molar-refractivity contribution in [1.82, 2.24) is 0 Å². The van der Waals surface area contributed by atoms with Crippen molar-refractivity contribution in [3.63, 3.8) is 0 Å². The van der Waals surface area contributed by atoms with Gasteiger partial charge in [0, 0.05) is 0 Å². The monoisotopic (exact) mass is 346 g/mol. The molecule has 2 heteroatoms. The Labute approximate surface area is 155 Å². The third kappa shape index (κ3) is 3.72. The van der Waals surface area contributed by atoms with Crippen LogP contribution >= 0.6 is 0 Å². The Morgan fingerprint density at radius 3 is 1.12 bits per heavy atom. The average molecular weight is 346 g/mol. The molecule has 0 saturated carbocycles. The predicted molar refractivity (Wildman–Crippen MR) is 108 cm³/mol. The highest BCUT2D eigenvalue weighted by molar-refractivity contribution is 5.71. The van der Waals surface area contributed by atoms with Crippen molar-refractivity contribution in [3.05, 3.63) is 82.9 Å². The summed E-state index contributed by atoms with van der Waals surface area (Å²) in [5.74, 6) is 0.